The van der Waals surface area contributed by atoms with Crippen LogP contribution in [0.2, 0.25) is 0 Å². The van der Waals surface area contributed by atoms with Crippen LogP contribution in [-0.2, 0) is 10.8 Å². The average molecular weight is 746 g/mol. The third kappa shape index (κ3) is 4.37. The molecule has 1 nitrogen and oxygen atoms in total. The third-order valence-corrected chi connectivity index (χ3v) is 15.8. The van der Waals surface area contributed by atoms with Gasteiger partial charge in [-0.25, -0.2) is 0 Å². The topological polar surface area (TPSA) is 3.24 Å². The fourth-order valence-corrected chi connectivity index (χ4v) is 13.6. The van der Waals surface area contributed by atoms with Crippen molar-refractivity contribution in [2.75, 3.05) is 4.90 Å². The molecule has 6 aliphatic carbocycles. The second-order valence-corrected chi connectivity index (χ2v) is 18.9. The first-order valence-electron chi connectivity index (χ1n) is 21.8. The summed E-state index contributed by atoms with van der Waals surface area (Å²) in [7, 11) is 0. The van der Waals surface area contributed by atoms with Gasteiger partial charge in [0, 0.05) is 27.9 Å². The Morgan fingerprint density at radius 2 is 0.948 bits per heavy atom. The number of hydrogen-bond acceptors (Lipinski definition) is 1. The monoisotopic (exact) mass is 745 g/mol. The molecule has 0 aliphatic heterocycles. The Labute approximate surface area is 342 Å². The van der Waals surface area contributed by atoms with Crippen molar-refractivity contribution in [3.05, 3.63) is 186 Å². The highest BCUT2D eigenvalue weighted by atomic mass is 15.1. The number of nitrogens with zero attached hydrogens (tertiary/aromatic N) is 1. The van der Waals surface area contributed by atoms with Gasteiger partial charge in [-0.1, -0.05) is 135 Å². The van der Waals surface area contributed by atoms with Crippen molar-refractivity contribution in [2.24, 2.45) is 23.7 Å². The van der Waals surface area contributed by atoms with E-state index in [1.54, 1.807) is 11.1 Å². The van der Waals surface area contributed by atoms with Crippen LogP contribution in [0.25, 0.3) is 54.9 Å². The van der Waals surface area contributed by atoms with Crippen LogP contribution in [-0.4, -0.2) is 0 Å². The molecule has 6 aliphatic rings. The van der Waals surface area contributed by atoms with Gasteiger partial charge >= 0.3 is 0 Å². The van der Waals surface area contributed by atoms with Crippen molar-refractivity contribution >= 4 is 38.6 Å². The third-order valence-electron chi connectivity index (χ3n) is 15.8. The molecule has 280 valence electrons. The first kappa shape index (κ1) is 33.1. The number of anilines is 3. The van der Waals surface area contributed by atoms with Crippen LogP contribution in [0.15, 0.2) is 164 Å². The van der Waals surface area contributed by atoms with Crippen molar-refractivity contribution < 1.29 is 0 Å². The van der Waals surface area contributed by atoms with E-state index in [0.29, 0.717) is 0 Å². The van der Waals surface area contributed by atoms with Crippen LogP contribution < -0.4 is 4.90 Å². The predicted molar refractivity (Wildman–Crippen MR) is 242 cm³/mol. The Hall–Kier alpha value is -5.92. The number of rotatable bonds is 4. The predicted octanol–water partition coefficient (Wildman–Crippen LogP) is 15.2. The molecule has 14 rings (SSSR count). The molecule has 0 aromatic heterocycles. The first-order chi connectivity index (χ1) is 28.5. The van der Waals surface area contributed by atoms with Crippen molar-refractivity contribution in [3.63, 3.8) is 0 Å². The van der Waals surface area contributed by atoms with Crippen LogP contribution in [0.5, 0.6) is 0 Å². The lowest BCUT2D eigenvalue weighted by Crippen LogP contribution is -2.55. The van der Waals surface area contributed by atoms with Gasteiger partial charge in [-0.2, -0.15) is 0 Å². The van der Waals surface area contributed by atoms with Crippen molar-refractivity contribution in [1.29, 1.82) is 0 Å². The normalized spacial score (nSPS) is 23.9. The highest BCUT2D eigenvalue weighted by Crippen LogP contribution is 2.69. The zero-order chi connectivity index (χ0) is 38.3. The van der Waals surface area contributed by atoms with Crippen LogP contribution in [0.1, 0.15) is 68.2 Å². The van der Waals surface area contributed by atoms with E-state index in [2.05, 4.69) is 183 Å². The van der Waals surface area contributed by atoms with Crippen LogP contribution in [0.4, 0.5) is 17.1 Å². The van der Waals surface area contributed by atoms with Crippen LogP contribution in [0, 0.1) is 23.7 Å². The lowest BCUT2D eigenvalue weighted by atomic mass is 9.43. The van der Waals surface area contributed by atoms with E-state index in [-0.39, 0.29) is 10.8 Å². The molecule has 4 fully saturated rings. The number of benzene rings is 8. The minimum Gasteiger partial charge on any atom is -0.310 e. The smallest absolute Gasteiger partial charge is 0.0468 e. The van der Waals surface area contributed by atoms with Gasteiger partial charge in [0.05, 0.1) is 0 Å². The zero-order valence-electron chi connectivity index (χ0n) is 33.4. The molecule has 1 spiro atoms. The van der Waals surface area contributed by atoms with E-state index >= 15 is 0 Å². The van der Waals surface area contributed by atoms with Crippen LogP contribution in [0.3, 0.4) is 0 Å². The standard InChI is InChI=1S/C57H47N/c1-56(2)52-17-9-7-15-47(52)49-25-23-43(34-55(49)56)58(41-21-19-37(20-22-41)50-32-38-11-3-4-12-44(38)45-13-5-6-14-46(45)50)42-24-26-54-51(33-42)48-16-8-10-18-53(48)57(54)39-28-35-27-36(30-39)31-40(57)29-35/h3-26,32-36,39-40H,27-31H2,1-2H3. The molecular formula is C57H47N. The second-order valence-electron chi connectivity index (χ2n) is 18.9. The Bertz CT molecular complexity index is 2970. The van der Waals surface area contributed by atoms with Gasteiger partial charge in [0.2, 0.25) is 0 Å². The lowest BCUT2D eigenvalue weighted by molar-refractivity contribution is -0.0399. The summed E-state index contributed by atoms with van der Waals surface area (Å²) in [5.41, 5.74) is 17.9. The van der Waals surface area contributed by atoms with Gasteiger partial charge < -0.3 is 4.90 Å². The summed E-state index contributed by atoms with van der Waals surface area (Å²) >= 11 is 0. The van der Waals surface area contributed by atoms with Crippen molar-refractivity contribution in [2.45, 2.75) is 56.8 Å². The van der Waals surface area contributed by atoms with E-state index in [0.717, 1.165) is 23.7 Å². The van der Waals surface area contributed by atoms with Crippen LogP contribution >= 0.6 is 0 Å². The molecule has 8 aromatic carbocycles. The summed E-state index contributed by atoms with van der Waals surface area (Å²) in [6.45, 7) is 4.79. The largest absolute Gasteiger partial charge is 0.310 e. The number of fused-ring (bicyclic) bond motifs is 9. The number of hydrogen-bond donors (Lipinski definition) is 0. The maximum Gasteiger partial charge on any atom is 0.0468 e. The highest BCUT2D eigenvalue weighted by Gasteiger charge is 2.61. The minimum absolute atomic E-state index is 0.0860. The Balaban J connectivity index is 0.988. The zero-order valence-corrected chi connectivity index (χ0v) is 33.4. The summed E-state index contributed by atoms with van der Waals surface area (Å²) < 4.78 is 0. The molecule has 0 N–H and O–H groups in total. The molecule has 0 unspecified atom stereocenters. The Kier molecular flexibility index (Phi) is 6.75. The molecular weight excluding hydrogens is 699 g/mol. The molecule has 0 radical (unpaired) electrons. The van der Waals surface area contributed by atoms with Gasteiger partial charge in [-0.05, 0) is 175 Å². The van der Waals surface area contributed by atoms with Crippen molar-refractivity contribution in [3.8, 4) is 33.4 Å². The molecule has 1 heteroatoms. The van der Waals surface area contributed by atoms with Gasteiger partial charge in [0.15, 0.2) is 0 Å². The molecule has 58 heavy (non-hydrogen) atoms. The summed E-state index contributed by atoms with van der Waals surface area (Å²) in [5, 5.41) is 5.18. The van der Waals surface area contributed by atoms with E-state index in [1.807, 2.05) is 0 Å². The van der Waals surface area contributed by atoms with Gasteiger partial charge in [0.1, 0.15) is 0 Å². The minimum atomic E-state index is -0.0860. The highest BCUT2D eigenvalue weighted by molar-refractivity contribution is 6.13. The first-order valence-corrected chi connectivity index (χ1v) is 21.8. The Morgan fingerprint density at radius 3 is 1.71 bits per heavy atom. The fourth-order valence-electron chi connectivity index (χ4n) is 13.6. The maximum absolute atomic E-state index is 2.57. The second kappa shape index (κ2) is 11.8. The van der Waals surface area contributed by atoms with E-state index < -0.39 is 0 Å². The average Bonchev–Trinajstić information content (AvgIpc) is 3.68. The summed E-state index contributed by atoms with van der Waals surface area (Å²) in [5.74, 6) is 3.38. The molecule has 8 aromatic rings. The van der Waals surface area contributed by atoms with Crippen molar-refractivity contribution in [1.82, 2.24) is 0 Å². The molecule has 0 amide bonds. The molecule has 4 bridgehead atoms. The van der Waals surface area contributed by atoms with E-state index in [9.17, 15) is 0 Å². The van der Waals surface area contributed by atoms with Gasteiger partial charge in [-0.15, -0.1) is 0 Å². The van der Waals surface area contributed by atoms with Gasteiger partial charge in [-0.3, -0.25) is 0 Å². The molecule has 0 atom stereocenters. The quantitative estimate of drug-likeness (QED) is 0.162. The summed E-state index contributed by atoms with van der Waals surface area (Å²) in [6.07, 6.45) is 7.09. The molecule has 0 saturated heterocycles. The maximum atomic E-state index is 2.57. The summed E-state index contributed by atoms with van der Waals surface area (Å²) in [6, 6.07) is 62.8. The SMILES string of the molecule is CC1(C)c2ccccc2-c2ccc(N(c3ccc(-c4cc5ccccc5c5ccccc45)cc3)c3ccc4c(c3)-c3ccccc3C43C4CC5CC(C4)CC3C5)cc21. The summed E-state index contributed by atoms with van der Waals surface area (Å²) in [4.78, 5) is 2.53. The molecule has 0 heterocycles. The molecule has 4 saturated carbocycles. The van der Waals surface area contributed by atoms with E-state index in [1.165, 1.54) is 115 Å². The Morgan fingerprint density at radius 1 is 0.397 bits per heavy atom. The van der Waals surface area contributed by atoms with E-state index in [4.69, 9.17) is 0 Å². The lowest BCUT2D eigenvalue weighted by Gasteiger charge is -2.61. The van der Waals surface area contributed by atoms with Gasteiger partial charge in [0.25, 0.3) is 0 Å². The fraction of sp³-hybridized carbons (Fsp3) is 0.228.